The van der Waals surface area contributed by atoms with Gasteiger partial charge in [-0.2, -0.15) is 0 Å². The van der Waals surface area contributed by atoms with Crippen LogP contribution in [0.4, 0.5) is 5.69 Å². The number of likely N-dealkylation sites (N-methyl/N-ethyl adjacent to an activating group) is 1. The zero-order chi connectivity index (χ0) is 13.0. The van der Waals surface area contributed by atoms with E-state index in [-0.39, 0.29) is 5.54 Å². The number of nitrogens with two attached hydrogens (primary N) is 1. The van der Waals surface area contributed by atoms with Crippen molar-refractivity contribution in [3.8, 4) is 0 Å². The van der Waals surface area contributed by atoms with Crippen LogP contribution >= 0.6 is 0 Å². The lowest BCUT2D eigenvalue weighted by Crippen LogP contribution is -2.56. The number of rotatable bonds is 5. The Morgan fingerprint density at radius 3 is 2.56 bits per heavy atom. The quantitative estimate of drug-likeness (QED) is 0.862. The van der Waals surface area contributed by atoms with Gasteiger partial charge in [0.2, 0.25) is 0 Å². The van der Waals surface area contributed by atoms with Gasteiger partial charge in [0.05, 0.1) is 5.54 Å². The van der Waals surface area contributed by atoms with Gasteiger partial charge in [-0.1, -0.05) is 38.0 Å². The van der Waals surface area contributed by atoms with Crippen LogP contribution in [0.3, 0.4) is 0 Å². The second-order valence-corrected chi connectivity index (χ2v) is 5.38. The Morgan fingerprint density at radius 1 is 1.28 bits per heavy atom. The van der Waals surface area contributed by atoms with Crippen LogP contribution in [-0.2, 0) is 0 Å². The zero-order valence-corrected chi connectivity index (χ0v) is 11.7. The molecule has 2 N–H and O–H groups in total. The average molecular weight is 246 g/mol. The Labute approximate surface area is 111 Å². The van der Waals surface area contributed by atoms with Crippen molar-refractivity contribution in [2.45, 2.75) is 45.1 Å². The molecule has 1 aromatic rings. The third-order valence-corrected chi connectivity index (χ3v) is 4.69. The van der Waals surface area contributed by atoms with Crippen LogP contribution in [0.25, 0.3) is 0 Å². The van der Waals surface area contributed by atoms with Gasteiger partial charge in [0.25, 0.3) is 0 Å². The van der Waals surface area contributed by atoms with Crippen LogP contribution in [0.5, 0.6) is 0 Å². The molecule has 1 aliphatic carbocycles. The molecule has 18 heavy (non-hydrogen) atoms. The van der Waals surface area contributed by atoms with E-state index < -0.39 is 0 Å². The Hall–Kier alpha value is -1.02. The van der Waals surface area contributed by atoms with Crippen molar-refractivity contribution in [1.82, 2.24) is 0 Å². The zero-order valence-electron chi connectivity index (χ0n) is 11.7. The van der Waals surface area contributed by atoms with Gasteiger partial charge in [0.15, 0.2) is 0 Å². The molecule has 0 aromatic heterocycles. The first-order chi connectivity index (χ1) is 8.78. The van der Waals surface area contributed by atoms with Crippen molar-refractivity contribution in [3.63, 3.8) is 0 Å². The predicted molar refractivity (Wildman–Crippen MR) is 78.9 cm³/mol. The van der Waals surface area contributed by atoms with Crippen molar-refractivity contribution in [2.24, 2.45) is 11.7 Å². The molecule has 1 aromatic carbocycles. The molecule has 2 atom stereocenters. The Morgan fingerprint density at radius 2 is 2.00 bits per heavy atom. The van der Waals surface area contributed by atoms with E-state index in [9.17, 15) is 0 Å². The van der Waals surface area contributed by atoms with Crippen molar-refractivity contribution in [2.75, 3.05) is 18.0 Å². The van der Waals surface area contributed by atoms with E-state index in [4.69, 9.17) is 5.73 Å². The molecule has 0 aliphatic heterocycles. The number of hydrogen-bond donors (Lipinski definition) is 1. The van der Waals surface area contributed by atoms with E-state index in [1.165, 1.54) is 31.4 Å². The summed E-state index contributed by atoms with van der Waals surface area (Å²) in [7, 11) is 0. The van der Waals surface area contributed by atoms with Crippen molar-refractivity contribution in [3.05, 3.63) is 30.3 Å². The summed E-state index contributed by atoms with van der Waals surface area (Å²) in [4.78, 5) is 2.55. The molecule has 0 heterocycles. The third-order valence-electron chi connectivity index (χ3n) is 4.69. The normalized spacial score (nSPS) is 27.4. The molecule has 0 saturated heterocycles. The number of anilines is 1. The molecule has 2 nitrogen and oxygen atoms in total. The number of nitrogens with zero attached hydrogens (tertiary/aromatic N) is 1. The summed E-state index contributed by atoms with van der Waals surface area (Å²) < 4.78 is 0. The largest absolute Gasteiger partial charge is 0.365 e. The molecule has 0 spiro atoms. The maximum atomic E-state index is 6.21. The fraction of sp³-hybridized carbons (Fsp3) is 0.625. The van der Waals surface area contributed by atoms with E-state index in [1.807, 2.05) is 0 Å². The fourth-order valence-electron chi connectivity index (χ4n) is 3.81. The monoisotopic (exact) mass is 246 g/mol. The first kappa shape index (κ1) is 13.4. The molecule has 1 saturated carbocycles. The summed E-state index contributed by atoms with van der Waals surface area (Å²) >= 11 is 0. The highest BCUT2D eigenvalue weighted by molar-refractivity contribution is 5.49. The van der Waals surface area contributed by atoms with E-state index in [2.05, 4.69) is 49.1 Å². The van der Waals surface area contributed by atoms with Crippen molar-refractivity contribution >= 4 is 5.69 Å². The molecule has 0 bridgehead atoms. The van der Waals surface area contributed by atoms with Crippen molar-refractivity contribution in [1.29, 1.82) is 0 Å². The first-order valence-electron chi connectivity index (χ1n) is 7.31. The second kappa shape index (κ2) is 5.75. The summed E-state index contributed by atoms with van der Waals surface area (Å²) in [5, 5.41) is 0. The van der Waals surface area contributed by atoms with Gasteiger partial charge in [-0.15, -0.1) is 0 Å². The Bertz CT molecular complexity index is 363. The molecule has 1 aliphatic rings. The molecule has 1 fully saturated rings. The lowest BCUT2D eigenvalue weighted by atomic mass is 9.83. The summed E-state index contributed by atoms with van der Waals surface area (Å²) in [6, 6.07) is 10.8. The minimum absolute atomic E-state index is 0.185. The highest BCUT2D eigenvalue weighted by atomic mass is 15.2. The van der Waals surface area contributed by atoms with E-state index in [0.717, 1.165) is 19.0 Å². The van der Waals surface area contributed by atoms with E-state index in [1.54, 1.807) is 0 Å². The van der Waals surface area contributed by atoms with E-state index >= 15 is 0 Å². The van der Waals surface area contributed by atoms with Gasteiger partial charge in [-0.3, -0.25) is 0 Å². The SMILES string of the molecule is CCC1CCCC1(CN)N(CC)c1ccccc1. The highest BCUT2D eigenvalue weighted by Crippen LogP contribution is 2.43. The molecule has 2 unspecified atom stereocenters. The minimum Gasteiger partial charge on any atom is -0.365 e. The van der Waals surface area contributed by atoms with Gasteiger partial charge < -0.3 is 10.6 Å². The minimum atomic E-state index is 0.185. The topological polar surface area (TPSA) is 29.3 Å². The maximum Gasteiger partial charge on any atom is 0.0552 e. The Balaban J connectivity index is 2.35. The molecule has 0 amide bonds. The summed E-state index contributed by atoms with van der Waals surface area (Å²) in [5.41, 5.74) is 7.72. The van der Waals surface area contributed by atoms with Crippen LogP contribution in [0.15, 0.2) is 30.3 Å². The standard InChI is InChI=1S/C16H26N2/c1-3-14-9-8-12-16(14,13-17)18(4-2)15-10-6-5-7-11-15/h5-7,10-11,14H,3-4,8-9,12-13,17H2,1-2H3. The number of hydrogen-bond acceptors (Lipinski definition) is 2. The van der Waals surface area contributed by atoms with Gasteiger partial charge >= 0.3 is 0 Å². The third kappa shape index (κ3) is 2.14. The second-order valence-electron chi connectivity index (χ2n) is 5.38. The molecule has 0 radical (unpaired) electrons. The maximum absolute atomic E-state index is 6.21. The summed E-state index contributed by atoms with van der Waals surface area (Å²) in [5.74, 6) is 0.739. The first-order valence-corrected chi connectivity index (χ1v) is 7.31. The fourth-order valence-corrected chi connectivity index (χ4v) is 3.81. The lowest BCUT2D eigenvalue weighted by molar-refractivity contribution is 0.294. The van der Waals surface area contributed by atoms with Crippen molar-refractivity contribution < 1.29 is 0 Å². The molecular formula is C16H26N2. The van der Waals surface area contributed by atoms with Crippen LogP contribution in [0.1, 0.15) is 39.5 Å². The van der Waals surface area contributed by atoms with Gasteiger partial charge in [-0.05, 0) is 37.8 Å². The highest BCUT2D eigenvalue weighted by Gasteiger charge is 2.44. The average Bonchev–Trinajstić information content (AvgIpc) is 2.85. The smallest absolute Gasteiger partial charge is 0.0552 e. The Kier molecular flexibility index (Phi) is 4.28. The molecule has 2 heteroatoms. The predicted octanol–water partition coefficient (Wildman–Crippen LogP) is 3.42. The van der Waals surface area contributed by atoms with Gasteiger partial charge in [0, 0.05) is 18.8 Å². The molecular weight excluding hydrogens is 220 g/mol. The number of para-hydroxylation sites is 1. The van der Waals surface area contributed by atoms with E-state index in [0.29, 0.717) is 0 Å². The summed E-state index contributed by atoms with van der Waals surface area (Å²) in [6.07, 6.45) is 5.13. The van der Waals surface area contributed by atoms with Gasteiger partial charge in [0.1, 0.15) is 0 Å². The lowest BCUT2D eigenvalue weighted by Gasteiger charge is -2.46. The van der Waals surface area contributed by atoms with Crippen LogP contribution < -0.4 is 10.6 Å². The van der Waals surface area contributed by atoms with Crippen LogP contribution in [0, 0.1) is 5.92 Å². The van der Waals surface area contributed by atoms with Crippen LogP contribution in [0.2, 0.25) is 0 Å². The van der Waals surface area contributed by atoms with Crippen LogP contribution in [-0.4, -0.2) is 18.6 Å². The summed E-state index contributed by atoms with van der Waals surface area (Å²) in [6.45, 7) is 6.36. The molecule has 2 rings (SSSR count). The molecule has 100 valence electrons. The van der Waals surface area contributed by atoms with Gasteiger partial charge in [-0.25, -0.2) is 0 Å². The number of benzene rings is 1.